The molecule has 0 spiro atoms. The second kappa shape index (κ2) is 8.53. The summed E-state index contributed by atoms with van der Waals surface area (Å²) >= 11 is 5.73. The number of rotatable bonds is 5. The van der Waals surface area contributed by atoms with Crippen LogP contribution in [-0.2, 0) is 6.67 Å². The number of carbonyl (C=O) groups is 1. The van der Waals surface area contributed by atoms with Gasteiger partial charge in [-0.1, -0.05) is 17.7 Å². The van der Waals surface area contributed by atoms with E-state index in [1.807, 2.05) is 40.4 Å². The number of hydrogen-bond acceptors (Lipinski definition) is 5. The van der Waals surface area contributed by atoms with Gasteiger partial charge in [-0.25, -0.2) is 4.68 Å². The summed E-state index contributed by atoms with van der Waals surface area (Å²) in [4.78, 5) is 16.2. The fourth-order valence-corrected chi connectivity index (χ4v) is 4.18. The number of aromatic nitrogens is 3. The van der Waals surface area contributed by atoms with Gasteiger partial charge in [-0.3, -0.25) is 14.3 Å². The van der Waals surface area contributed by atoms with E-state index >= 15 is 0 Å². The van der Waals surface area contributed by atoms with E-state index in [9.17, 15) is 4.79 Å². The second-order valence-corrected chi connectivity index (χ2v) is 8.21. The van der Waals surface area contributed by atoms with E-state index in [0.29, 0.717) is 6.67 Å². The normalized spacial score (nSPS) is 14.8. The lowest BCUT2D eigenvalue weighted by Crippen LogP contribution is -2.47. The van der Waals surface area contributed by atoms with Crippen LogP contribution in [0.4, 0.5) is 5.69 Å². The van der Waals surface area contributed by atoms with Gasteiger partial charge in [0, 0.05) is 43.1 Å². The van der Waals surface area contributed by atoms with Crippen molar-refractivity contribution in [3.63, 3.8) is 0 Å². The quantitative estimate of drug-likeness (QED) is 0.460. The molecule has 0 radical (unpaired) electrons. The van der Waals surface area contributed by atoms with Crippen molar-refractivity contribution in [2.75, 3.05) is 31.1 Å². The van der Waals surface area contributed by atoms with E-state index < -0.39 is 0 Å². The zero-order chi connectivity index (χ0) is 21.3. The summed E-state index contributed by atoms with van der Waals surface area (Å²) in [5.74, 6) is 0.997. The maximum absolute atomic E-state index is 11.5. The number of piperazine rings is 1. The van der Waals surface area contributed by atoms with Crippen LogP contribution in [0.1, 0.15) is 28.7 Å². The zero-order valence-corrected chi connectivity index (χ0v) is 18.5. The molecule has 4 rings (SSSR count). The average molecular weight is 422 g/mol. The summed E-state index contributed by atoms with van der Waals surface area (Å²) in [6.07, 6.45) is 0. The molecule has 0 aliphatic carbocycles. The SMILES string of the molecule is CC(=O)c1ccc(N2CCN(Cn3nc(C)n(-c4ccc(C)cc4)c3=S)CC2)cc1. The van der Waals surface area contributed by atoms with Gasteiger partial charge in [0.25, 0.3) is 0 Å². The van der Waals surface area contributed by atoms with Gasteiger partial charge in [0.2, 0.25) is 4.77 Å². The standard InChI is InChI=1S/C23H27N5OS/c1-17-4-8-22(9-5-17)28-19(3)24-27(23(28)30)16-25-12-14-26(15-13-25)21-10-6-20(7-11-21)18(2)29/h4-11H,12-16H2,1-3H3. The lowest BCUT2D eigenvalue weighted by atomic mass is 10.1. The molecule has 1 aliphatic rings. The molecule has 0 bridgehead atoms. The molecule has 0 atom stereocenters. The predicted molar refractivity (Wildman–Crippen MR) is 122 cm³/mol. The molecule has 1 aliphatic heterocycles. The summed E-state index contributed by atoms with van der Waals surface area (Å²) < 4.78 is 4.67. The Morgan fingerprint density at radius 3 is 2.13 bits per heavy atom. The van der Waals surface area contributed by atoms with Crippen LogP contribution in [0.5, 0.6) is 0 Å². The number of carbonyl (C=O) groups excluding carboxylic acids is 1. The van der Waals surface area contributed by atoms with Crippen LogP contribution in [0.2, 0.25) is 0 Å². The van der Waals surface area contributed by atoms with Crippen molar-refractivity contribution in [1.29, 1.82) is 0 Å². The molecule has 3 aromatic rings. The Labute approximate surface area is 182 Å². The zero-order valence-electron chi connectivity index (χ0n) is 17.7. The van der Waals surface area contributed by atoms with Crippen LogP contribution in [0.3, 0.4) is 0 Å². The second-order valence-electron chi connectivity index (χ2n) is 7.85. The molecule has 0 N–H and O–H groups in total. The molecule has 1 fully saturated rings. The van der Waals surface area contributed by atoms with Crippen LogP contribution in [0.15, 0.2) is 48.5 Å². The highest BCUT2D eigenvalue weighted by Crippen LogP contribution is 2.19. The van der Waals surface area contributed by atoms with Gasteiger partial charge in [0.1, 0.15) is 5.82 Å². The molecule has 30 heavy (non-hydrogen) atoms. The van der Waals surface area contributed by atoms with Gasteiger partial charge in [0.05, 0.1) is 6.67 Å². The van der Waals surface area contributed by atoms with E-state index in [0.717, 1.165) is 53.7 Å². The first-order chi connectivity index (χ1) is 14.4. The Balaban J connectivity index is 1.42. The number of hydrogen-bond donors (Lipinski definition) is 0. The Bertz CT molecular complexity index is 1090. The number of Topliss-reactive ketones (excluding diaryl/α,β-unsaturated/α-hetero) is 1. The first kappa shape index (κ1) is 20.5. The fraction of sp³-hybridized carbons (Fsp3) is 0.348. The molecule has 6 nitrogen and oxygen atoms in total. The maximum atomic E-state index is 11.5. The van der Waals surface area contributed by atoms with Crippen molar-refractivity contribution in [3.8, 4) is 5.69 Å². The topological polar surface area (TPSA) is 46.3 Å². The number of ketones is 1. The third kappa shape index (κ3) is 4.22. The Morgan fingerprint density at radius 1 is 0.933 bits per heavy atom. The molecule has 7 heteroatoms. The van der Waals surface area contributed by atoms with Gasteiger partial charge >= 0.3 is 0 Å². The van der Waals surface area contributed by atoms with Crippen LogP contribution in [0.25, 0.3) is 5.69 Å². The van der Waals surface area contributed by atoms with Crippen molar-refractivity contribution in [1.82, 2.24) is 19.2 Å². The smallest absolute Gasteiger partial charge is 0.203 e. The molecule has 0 unspecified atom stereocenters. The summed E-state index contributed by atoms with van der Waals surface area (Å²) in [7, 11) is 0. The lowest BCUT2D eigenvalue weighted by molar-refractivity contribution is 0.101. The fourth-order valence-electron chi connectivity index (χ4n) is 3.84. The first-order valence-electron chi connectivity index (χ1n) is 10.2. The van der Waals surface area contributed by atoms with Gasteiger partial charge in [-0.15, -0.1) is 0 Å². The third-order valence-corrected chi connectivity index (χ3v) is 6.03. The molecule has 2 heterocycles. The van der Waals surface area contributed by atoms with Crippen LogP contribution >= 0.6 is 12.2 Å². The molecule has 2 aromatic carbocycles. The van der Waals surface area contributed by atoms with E-state index in [2.05, 4.69) is 41.0 Å². The molecular formula is C23H27N5OS. The molecular weight excluding hydrogens is 394 g/mol. The molecule has 1 saturated heterocycles. The third-order valence-electron chi connectivity index (χ3n) is 5.64. The van der Waals surface area contributed by atoms with Crippen molar-refractivity contribution in [3.05, 3.63) is 70.3 Å². The van der Waals surface area contributed by atoms with Gasteiger partial charge in [-0.05, 0) is 69.4 Å². The summed E-state index contributed by atoms with van der Waals surface area (Å²) in [5.41, 5.74) is 4.19. The molecule has 156 valence electrons. The summed E-state index contributed by atoms with van der Waals surface area (Å²) in [6.45, 7) is 10.1. The van der Waals surface area contributed by atoms with Crippen molar-refractivity contribution in [2.45, 2.75) is 27.4 Å². The molecule has 0 saturated carbocycles. The minimum absolute atomic E-state index is 0.100. The average Bonchev–Trinajstić information content (AvgIpc) is 3.02. The largest absolute Gasteiger partial charge is 0.369 e. The Kier molecular flexibility index (Phi) is 5.83. The minimum atomic E-state index is 0.100. The minimum Gasteiger partial charge on any atom is -0.369 e. The number of aryl methyl sites for hydroxylation is 2. The van der Waals surface area contributed by atoms with Crippen LogP contribution < -0.4 is 4.90 Å². The number of benzene rings is 2. The van der Waals surface area contributed by atoms with Gasteiger partial charge in [-0.2, -0.15) is 5.10 Å². The number of nitrogens with zero attached hydrogens (tertiary/aromatic N) is 5. The lowest BCUT2D eigenvalue weighted by Gasteiger charge is -2.35. The highest BCUT2D eigenvalue weighted by molar-refractivity contribution is 7.71. The molecule has 0 amide bonds. The van der Waals surface area contributed by atoms with Crippen molar-refractivity contribution < 1.29 is 4.79 Å². The van der Waals surface area contributed by atoms with Crippen LogP contribution in [-0.4, -0.2) is 51.2 Å². The Morgan fingerprint density at radius 2 is 1.53 bits per heavy atom. The summed E-state index contributed by atoms with van der Waals surface area (Å²) in [5, 5.41) is 4.69. The van der Waals surface area contributed by atoms with E-state index in [1.165, 1.54) is 5.56 Å². The van der Waals surface area contributed by atoms with Crippen molar-refractivity contribution in [2.24, 2.45) is 0 Å². The monoisotopic (exact) mass is 421 g/mol. The number of anilines is 1. The van der Waals surface area contributed by atoms with Gasteiger partial charge in [0.15, 0.2) is 5.78 Å². The van der Waals surface area contributed by atoms with Crippen LogP contribution in [0, 0.1) is 18.6 Å². The highest BCUT2D eigenvalue weighted by atomic mass is 32.1. The molecule has 1 aromatic heterocycles. The highest BCUT2D eigenvalue weighted by Gasteiger charge is 2.19. The van der Waals surface area contributed by atoms with E-state index in [4.69, 9.17) is 17.3 Å². The first-order valence-corrected chi connectivity index (χ1v) is 10.6. The predicted octanol–water partition coefficient (Wildman–Crippen LogP) is 4.00. The summed E-state index contributed by atoms with van der Waals surface area (Å²) in [6, 6.07) is 16.2. The Hall–Kier alpha value is -2.77. The van der Waals surface area contributed by atoms with Gasteiger partial charge < -0.3 is 4.90 Å². The van der Waals surface area contributed by atoms with E-state index in [-0.39, 0.29) is 5.78 Å². The van der Waals surface area contributed by atoms with E-state index in [1.54, 1.807) is 6.92 Å². The van der Waals surface area contributed by atoms with Crippen molar-refractivity contribution >= 4 is 23.7 Å². The maximum Gasteiger partial charge on any atom is 0.203 e.